The lowest BCUT2D eigenvalue weighted by Crippen LogP contribution is -2.34. The first-order chi connectivity index (χ1) is 5.26. The van der Waals surface area contributed by atoms with E-state index in [1.54, 1.807) is 0 Å². The molecule has 1 N–H and O–H groups in total. The summed E-state index contributed by atoms with van der Waals surface area (Å²) in [5.74, 6) is 1.22. The second-order valence-electron chi connectivity index (χ2n) is 3.93. The monoisotopic (exact) mass is 151 g/mol. The van der Waals surface area contributed by atoms with Gasteiger partial charge >= 0.3 is 0 Å². The molecule has 2 heteroatoms. The Balaban J connectivity index is 2.06. The fourth-order valence-electron chi connectivity index (χ4n) is 2.44. The maximum Gasteiger partial charge on any atom is 0.0807 e. The predicted molar refractivity (Wildman–Crippen MR) is 40.6 cm³/mol. The van der Waals surface area contributed by atoms with Crippen LogP contribution in [-0.2, 0) is 0 Å². The van der Waals surface area contributed by atoms with Gasteiger partial charge in [0.05, 0.1) is 18.1 Å². The highest BCUT2D eigenvalue weighted by molar-refractivity contribution is 5.07. The number of aliphatic hydroxyl groups is 1. The molecule has 3 atom stereocenters. The van der Waals surface area contributed by atoms with Gasteiger partial charge in [-0.25, -0.2) is 0 Å². The quantitative estimate of drug-likeness (QED) is 0.616. The van der Waals surface area contributed by atoms with E-state index >= 15 is 0 Å². The zero-order valence-electron chi connectivity index (χ0n) is 6.58. The Morgan fingerprint density at radius 1 is 1.64 bits per heavy atom. The zero-order valence-corrected chi connectivity index (χ0v) is 6.58. The SMILES string of the molecule is N#CCC1(O)CCCC2CC21. The lowest BCUT2D eigenvalue weighted by molar-refractivity contribution is -0.00635. The molecule has 2 nitrogen and oxygen atoms in total. The summed E-state index contributed by atoms with van der Waals surface area (Å²) in [4.78, 5) is 0. The van der Waals surface area contributed by atoms with Gasteiger partial charge in [0, 0.05) is 0 Å². The molecule has 0 aromatic heterocycles. The third-order valence-electron chi connectivity index (χ3n) is 3.18. The van der Waals surface area contributed by atoms with E-state index in [0.29, 0.717) is 12.3 Å². The predicted octanol–water partition coefficient (Wildman–Crippen LogP) is 1.45. The molecule has 2 saturated carbocycles. The Hall–Kier alpha value is -0.550. The van der Waals surface area contributed by atoms with Crippen molar-refractivity contribution in [1.82, 2.24) is 0 Å². The molecule has 0 radical (unpaired) electrons. The van der Waals surface area contributed by atoms with E-state index in [1.165, 1.54) is 6.42 Å². The first kappa shape index (κ1) is 7.12. The molecule has 0 bridgehead atoms. The minimum Gasteiger partial charge on any atom is -0.389 e. The molecule has 2 aliphatic carbocycles. The molecule has 0 heterocycles. The summed E-state index contributed by atoms with van der Waals surface area (Å²) in [6, 6.07) is 2.08. The highest BCUT2D eigenvalue weighted by atomic mass is 16.3. The van der Waals surface area contributed by atoms with Crippen molar-refractivity contribution in [2.75, 3.05) is 0 Å². The average molecular weight is 151 g/mol. The Morgan fingerprint density at radius 2 is 2.45 bits per heavy atom. The van der Waals surface area contributed by atoms with Crippen LogP contribution < -0.4 is 0 Å². The molecule has 0 aromatic carbocycles. The molecular weight excluding hydrogens is 138 g/mol. The summed E-state index contributed by atoms with van der Waals surface area (Å²) in [6.07, 6.45) is 4.74. The molecule has 11 heavy (non-hydrogen) atoms. The van der Waals surface area contributed by atoms with E-state index < -0.39 is 5.60 Å². The molecule has 60 valence electrons. The van der Waals surface area contributed by atoms with Gasteiger partial charge in [-0.1, -0.05) is 6.42 Å². The fraction of sp³-hybridized carbons (Fsp3) is 0.889. The highest BCUT2D eigenvalue weighted by Gasteiger charge is 2.53. The van der Waals surface area contributed by atoms with Gasteiger partial charge < -0.3 is 5.11 Å². The van der Waals surface area contributed by atoms with Gasteiger partial charge in [0.15, 0.2) is 0 Å². The van der Waals surface area contributed by atoms with Gasteiger partial charge in [-0.15, -0.1) is 0 Å². The fourth-order valence-corrected chi connectivity index (χ4v) is 2.44. The number of rotatable bonds is 1. The van der Waals surface area contributed by atoms with Crippen LogP contribution in [0.15, 0.2) is 0 Å². The lowest BCUT2D eigenvalue weighted by atomic mass is 9.82. The van der Waals surface area contributed by atoms with Crippen LogP contribution in [0.3, 0.4) is 0 Å². The van der Waals surface area contributed by atoms with Gasteiger partial charge in [0.25, 0.3) is 0 Å². The van der Waals surface area contributed by atoms with Crippen LogP contribution in [0.1, 0.15) is 32.1 Å². The van der Waals surface area contributed by atoms with Crippen LogP contribution in [0.4, 0.5) is 0 Å². The van der Waals surface area contributed by atoms with Crippen LogP contribution in [0.2, 0.25) is 0 Å². The van der Waals surface area contributed by atoms with E-state index in [1.807, 2.05) is 0 Å². The highest BCUT2D eigenvalue weighted by Crippen LogP contribution is 2.55. The largest absolute Gasteiger partial charge is 0.389 e. The summed E-state index contributed by atoms with van der Waals surface area (Å²) in [5.41, 5.74) is -0.600. The van der Waals surface area contributed by atoms with Crippen LogP contribution in [0.25, 0.3) is 0 Å². The molecule has 0 saturated heterocycles. The van der Waals surface area contributed by atoms with Crippen molar-refractivity contribution in [3.63, 3.8) is 0 Å². The van der Waals surface area contributed by atoms with Gasteiger partial charge in [-0.3, -0.25) is 0 Å². The van der Waals surface area contributed by atoms with Crippen molar-refractivity contribution >= 4 is 0 Å². The molecule has 2 aliphatic rings. The number of hydrogen-bond donors (Lipinski definition) is 1. The van der Waals surface area contributed by atoms with Gasteiger partial charge in [0.2, 0.25) is 0 Å². The standard InChI is InChI=1S/C9H13NO/c10-5-4-9(11)3-1-2-7-6-8(7)9/h7-8,11H,1-4,6H2. The van der Waals surface area contributed by atoms with Gasteiger partial charge in [-0.05, 0) is 31.1 Å². The summed E-state index contributed by atoms with van der Waals surface area (Å²) in [5, 5.41) is 18.5. The smallest absolute Gasteiger partial charge is 0.0807 e. The molecule has 0 aliphatic heterocycles. The number of nitriles is 1. The Bertz CT molecular complexity index is 208. The maximum atomic E-state index is 9.96. The number of nitrogens with zero attached hydrogens (tertiary/aromatic N) is 1. The second kappa shape index (κ2) is 2.22. The minimum absolute atomic E-state index is 0.341. The van der Waals surface area contributed by atoms with Crippen LogP contribution in [0, 0.1) is 23.2 Å². The first-order valence-corrected chi connectivity index (χ1v) is 4.35. The average Bonchev–Trinajstić information content (AvgIpc) is 2.68. The van der Waals surface area contributed by atoms with Crippen molar-refractivity contribution < 1.29 is 5.11 Å². The summed E-state index contributed by atoms with van der Waals surface area (Å²) < 4.78 is 0. The van der Waals surface area contributed by atoms with Crippen LogP contribution in [0.5, 0.6) is 0 Å². The van der Waals surface area contributed by atoms with Crippen LogP contribution in [-0.4, -0.2) is 10.7 Å². The number of fused-ring (bicyclic) bond motifs is 1. The van der Waals surface area contributed by atoms with Crippen molar-refractivity contribution in [3.05, 3.63) is 0 Å². The van der Waals surface area contributed by atoms with Gasteiger partial charge in [0.1, 0.15) is 0 Å². The van der Waals surface area contributed by atoms with Crippen molar-refractivity contribution in [3.8, 4) is 6.07 Å². The maximum absolute atomic E-state index is 9.96. The van der Waals surface area contributed by atoms with Crippen molar-refractivity contribution in [2.45, 2.75) is 37.7 Å². The summed E-state index contributed by atoms with van der Waals surface area (Å²) in [7, 11) is 0. The Morgan fingerprint density at radius 3 is 3.18 bits per heavy atom. The molecule has 0 aromatic rings. The first-order valence-electron chi connectivity index (χ1n) is 4.35. The van der Waals surface area contributed by atoms with Crippen molar-refractivity contribution in [1.29, 1.82) is 5.26 Å². The summed E-state index contributed by atoms with van der Waals surface area (Å²) >= 11 is 0. The third-order valence-corrected chi connectivity index (χ3v) is 3.18. The van der Waals surface area contributed by atoms with E-state index in [9.17, 15) is 5.11 Å². The number of hydrogen-bond acceptors (Lipinski definition) is 2. The van der Waals surface area contributed by atoms with Crippen LogP contribution >= 0.6 is 0 Å². The molecular formula is C9H13NO. The Kier molecular flexibility index (Phi) is 1.43. The zero-order chi connectivity index (χ0) is 7.90. The third kappa shape index (κ3) is 1.04. The van der Waals surface area contributed by atoms with E-state index in [4.69, 9.17) is 5.26 Å². The second-order valence-corrected chi connectivity index (χ2v) is 3.93. The molecule has 2 fully saturated rings. The molecule has 3 unspecified atom stereocenters. The van der Waals surface area contributed by atoms with E-state index in [2.05, 4.69) is 6.07 Å². The topological polar surface area (TPSA) is 44.0 Å². The van der Waals surface area contributed by atoms with E-state index in [-0.39, 0.29) is 0 Å². The Labute approximate surface area is 66.8 Å². The normalized spacial score (nSPS) is 47.6. The lowest BCUT2D eigenvalue weighted by Gasteiger charge is -2.29. The molecule has 2 rings (SSSR count). The minimum atomic E-state index is -0.600. The van der Waals surface area contributed by atoms with E-state index in [0.717, 1.165) is 25.2 Å². The molecule has 0 amide bonds. The van der Waals surface area contributed by atoms with Crippen molar-refractivity contribution in [2.24, 2.45) is 11.8 Å². The molecule has 0 spiro atoms. The summed E-state index contributed by atoms with van der Waals surface area (Å²) in [6.45, 7) is 0. The van der Waals surface area contributed by atoms with Gasteiger partial charge in [-0.2, -0.15) is 5.26 Å².